The normalized spacial score (nSPS) is 16.7. The van der Waals surface area contributed by atoms with Gasteiger partial charge in [0.15, 0.2) is 9.84 Å². The Balaban J connectivity index is 1.64. The Labute approximate surface area is 139 Å². The summed E-state index contributed by atoms with van der Waals surface area (Å²) in [5.74, 6) is 1.18. The average molecular weight is 348 g/mol. The molecule has 3 rings (SSSR count). The van der Waals surface area contributed by atoms with Crippen LogP contribution >= 0.6 is 11.3 Å². The van der Waals surface area contributed by atoms with Crippen LogP contribution in [0.2, 0.25) is 0 Å². The Kier molecular flexibility index (Phi) is 4.50. The van der Waals surface area contributed by atoms with Gasteiger partial charge in [-0.1, -0.05) is 6.07 Å². The number of thiophene rings is 1. The number of nitrogens with zero attached hydrogens (tertiary/aromatic N) is 3. The van der Waals surface area contributed by atoms with Crippen molar-refractivity contribution >= 4 is 32.0 Å². The molecule has 0 atom stereocenters. The van der Waals surface area contributed by atoms with Crippen molar-refractivity contribution in [1.29, 1.82) is 5.26 Å². The lowest BCUT2D eigenvalue weighted by molar-refractivity contribution is 0.586. The third-order valence-electron chi connectivity index (χ3n) is 3.62. The Morgan fingerprint density at radius 3 is 2.74 bits per heavy atom. The van der Waals surface area contributed by atoms with Crippen LogP contribution in [0.25, 0.3) is 0 Å². The summed E-state index contributed by atoms with van der Waals surface area (Å²) in [6.07, 6.45) is 0. The molecular formula is C15H16N4O2S2. The van der Waals surface area contributed by atoms with Crippen molar-refractivity contribution in [2.24, 2.45) is 0 Å². The molecule has 1 N–H and O–H groups in total. The van der Waals surface area contributed by atoms with Gasteiger partial charge in [0.05, 0.1) is 28.7 Å². The summed E-state index contributed by atoms with van der Waals surface area (Å²) in [5, 5.41) is 13.0. The number of hydrogen-bond acceptors (Lipinski definition) is 7. The van der Waals surface area contributed by atoms with Crippen LogP contribution in [-0.4, -0.2) is 38.0 Å². The van der Waals surface area contributed by atoms with Crippen molar-refractivity contribution in [1.82, 2.24) is 4.98 Å². The van der Waals surface area contributed by atoms with Gasteiger partial charge in [0.1, 0.15) is 16.8 Å². The minimum absolute atomic E-state index is 0.184. The van der Waals surface area contributed by atoms with Gasteiger partial charge in [-0.25, -0.2) is 13.4 Å². The van der Waals surface area contributed by atoms with E-state index in [9.17, 15) is 8.42 Å². The first-order chi connectivity index (χ1) is 11.1. The quantitative estimate of drug-likeness (QED) is 0.908. The van der Waals surface area contributed by atoms with E-state index < -0.39 is 9.84 Å². The second kappa shape index (κ2) is 6.56. The summed E-state index contributed by atoms with van der Waals surface area (Å²) in [5.41, 5.74) is 0.878. The maximum atomic E-state index is 11.5. The van der Waals surface area contributed by atoms with Crippen LogP contribution in [0.5, 0.6) is 0 Å². The zero-order chi connectivity index (χ0) is 16.3. The Hall–Kier alpha value is -2.11. The molecule has 0 radical (unpaired) electrons. The first kappa shape index (κ1) is 15.8. The Morgan fingerprint density at radius 2 is 2.04 bits per heavy atom. The number of anilines is 2. The minimum Gasteiger partial charge on any atom is -0.371 e. The van der Waals surface area contributed by atoms with E-state index in [-0.39, 0.29) is 11.5 Å². The molecule has 2 aromatic heterocycles. The minimum atomic E-state index is -2.89. The SMILES string of the molecule is N#Cc1ccc(NCc2cccc(N3CCS(=O)(=O)CC3)n2)s1. The highest BCUT2D eigenvalue weighted by molar-refractivity contribution is 7.91. The molecule has 0 unspecified atom stereocenters. The van der Waals surface area contributed by atoms with E-state index in [1.165, 1.54) is 11.3 Å². The molecule has 1 fully saturated rings. The van der Waals surface area contributed by atoms with Crippen LogP contribution in [0.1, 0.15) is 10.6 Å². The van der Waals surface area contributed by atoms with Crippen molar-refractivity contribution in [3.63, 3.8) is 0 Å². The molecule has 1 aliphatic heterocycles. The molecule has 2 aromatic rings. The number of rotatable bonds is 4. The lowest BCUT2D eigenvalue weighted by Crippen LogP contribution is -2.40. The molecule has 0 aliphatic carbocycles. The molecule has 1 saturated heterocycles. The number of nitriles is 1. The van der Waals surface area contributed by atoms with Gasteiger partial charge in [-0.3, -0.25) is 0 Å². The molecule has 23 heavy (non-hydrogen) atoms. The zero-order valence-electron chi connectivity index (χ0n) is 12.4. The van der Waals surface area contributed by atoms with E-state index in [1.807, 2.05) is 29.2 Å². The number of nitrogens with one attached hydrogen (secondary N) is 1. The highest BCUT2D eigenvalue weighted by Crippen LogP contribution is 2.22. The average Bonchev–Trinajstić information content (AvgIpc) is 3.01. The van der Waals surface area contributed by atoms with Crippen LogP contribution < -0.4 is 10.2 Å². The smallest absolute Gasteiger partial charge is 0.153 e. The lowest BCUT2D eigenvalue weighted by atomic mass is 10.3. The molecule has 0 amide bonds. The van der Waals surface area contributed by atoms with Crippen molar-refractivity contribution in [3.05, 3.63) is 40.9 Å². The largest absolute Gasteiger partial charge is 0.371 e. The van der Waals surface area contributed by atoms with Crippen LogP contribution in [-0.2, 0) is 16.4 Å². The fourth-order valence-electron chi connectivity index (χ4n) is 2.35. The van der Waals surface area contributed by atoms with E-state index >= 15 is 0 Å². The molecule has 0 bridgehead atoms. The molecular weight excluding hydrogens is 332 g/mol. The van der Waals surface area contributed by atoms with Crippen molar-refractivity contribution < 1.29 is 8.42 Å². The molecule has 8 heteroatoms. The molecule has 1 aliphatic rings. The topological polar surface area (TPSA) is 86.1 Å². The fraction of sp³-hybridized carbons (Fsp3) is 0.333. The van der Waals surface area contributed by atoms with Gasteiger partial charge < -0.3 is 10.2 Å². The molecule has 0 spiro atoms. The second-order valence-corrected chi connectivity index (χ2v) is 8.64. The lowest BCUT2D eigenvalue weighted by Gasteiger charge is -2.27. The summed E-state index contributed by atoms with van der Waals surface area (Å²) >= 11 is 1.41. The van der Waals surface area contributed by atoms with Crippen molar-refractivity contribution in [2.45, 2.75) is 6.54 Å². The van der Waals surface area contributed by atoms with Gasteiger partial charge in [-0.2, -0.15) is 5.26 Å². The monoisotopic (exact) mass is 348 g/mol. The first-order valence-electron chi connectivity index (χ1n) is 7.21. The molecule has 120 valence electrons. The molecule has 0 aromatic carbocycles. The molecule has 0 saturated carbocycles. The van der Waals surface area contributed by atoms with Crippen LogP contribution in [0.4, 0.5) is 10.8 Å². The van der Waals surface area contributed by atoms with Gasteiger partial charge in [0, 0.05) is 13.1 Å². The van der Waals surface area contributed by atoms with E-state index in [2.05, 4.69) is 16.4 Å². The number of hydrogen-bond donors (Lipinski definition) is 1. The van der Waals surface area contributed by atoms with Gasteiger partial charge in [0.2, 0.25) is 0 Å². The number of pyridine rings is 1. The summed E-state index contributed by atoms with van der Waals surface area (Å²) in [6, 6.07) is 11.5. The van der Waals surface area contributed by atoms with Crippen LogP contribution in [0.3, 0.4) is 0 Å². The Bertz CT molecular complexity index is 825. The standard InChI is InChI=1S/C15H16N4O2S2/c16-10-13-4-5-15(22-13)17-11-12-2-1-3-14(18-12)19-6-8-23(20,21)9-7-19/h1-5,17H,6-9,11H2. The summed E-state index contributed by atoms with van der Waals surface area (Å²) in [7, 11) is -2.89. The zero-order valence-corrected chi connectivity index (χ0v) is 14.0. The van der Waals surface area contributed by atoms with Crippen molar-refractivity contribution in [2.75, 3.05) is 34.8 Å². The van der Waals surface area contributed by atoms with Gasteiger partial charge in [-0.05, 0) is 24.3 Å². The highest BCUT2D eigenvalue weighted by Gasteiger charge is 2.22. The molecule has 3 heterocycles. The maximum Gasteiger partial charge on any atom is 0.153 e. The van der Waals surface area contributed by atoms with E-state index in [0.717, 1.165) is 16.5 Å². The number of aromatic nitrogens is 1. The number of sulfone groups is 1. The third-order valence-corrected chi connectivity index (χ3v) is 6.18. The highest BCUT2D eigenvalue weighted by atomic mass is 32.2. The predicted molar refractivity (Wildman–Crippen MR) is 91.5 cm³/mol. The van der Waals surface area contributed by atoms with Gasteiger partial charge in [-0.15, -0.1) is 11.3 Å². The maximum absolute atomic E-state index is 11.5. The Morgan fingerprint density at radius 1 is 1.26 bits per heavy atom. The fourth-order valence-corrected chi connectivity index (χ4v) is 4.25. The summed E-state index contributed by atoms with van der Waals surface area (Å²) in [6.45, 7) is 1.54. The summed E-state index contributed by atoms with van der Waals surface area (Å²) in [4.78, 5) is 7.27. The van der Waals surface area contributed by atoms with Crippen LogP contribution in [0.15, 0.2) is 30.3 Å². The van der Waals surface area contributed by atoms with Gasteiger partial charge in [0.25, 0.3) is 0 Å². The van der Waals surface area contributed by atoms with E-state index in [1.54, 1.807) is 6.07 Å². The summed E-state index contributed by atoms with van der Waals surface area (Å²) < 4.78 is 23.0. The van der Waals surface area contributed by atoms with E-state index in [0.29, 0.717) is 24.5 Å². The predicted octanol–water partition coefficient (Wildman–Crippen LogP) is 1.86. The third kappa shape index (κ3) is 4.00. The van der Waals surface area contributed by atoms with E-state index in [4.69, 9.17) is 5.26 Å². The van der Waals surface area contributed by atoms with Crippen molar-refractivity contribution in [3.8, 4) is 6.07 Å². The second-order valence-electron chi connectivity index (χ2n) is 5.26. The first-order valence-corrected chi connectivity index (χ1v) is 9.85. The molecule has 6 nitrogen and oxygen atoms in total. The van der Waals surface area contributed by atoms with Gasteiger partial charge >= 0.3 is 0 Å². The van der Waals surface area contributed by atoms with Crippen LogP contribution in [0, 0.1) is 11.3 Å².